The number of carbonyl (C=O) groups is 2. The van der Waals surface area contributed by atoms with Gasteiger partial charge in [0.1, 0.15) is 0 Å². The van der Waals surface area contributed by atoms with Crippen molar-refractivity contribution in [2.24, 2.45) is 0 Å². The highest BCUT2D eigenvalue weighted by Gasteiger charge is 2.22. The zero-order valence-corrected chi connectivity index (χ0v) is 14.2. The number of piperidine rings is 1. The number of urea groups is 1. The lowest BCUT2D eigenvalue weighted by molar-refractivity contribution is -0.129. The summed E-state index contributed by atoms with van der Waals surface area (Å²) >= 11 is 1.62. The van der Waals surface area contributed by atoms with Crippen LogP contribution >= 0.6 is 11.3 Å². The highest BCUT2D eigenvalue weighted by atomic mass is 32.1. The van der Waals surface area contributed by atoms with Gasteiger partial charge in [0.15, 0.2) is 0 Å². The number of nitrogens with zero attached hydrogens (tertiary/aromatic N) is 2. The smallest absolute Gasteiger partial charge is 0.315 e. The van der Waals surface area contributed by atoms with E-state index in [0.29, 0.717) is 13.1 Å². The Labute approximate surface area is 135 Å². The largest absolute Gasteiger partial charge is 0.343 e. The van der Waals surface area contributed by atoms with Gasteiger partial charge in [-0.15, -0.1) is 11.3 Å². The summed E-state index contributed by atoms with van der Waals surface area (Å²) in [5.74, 6) is 0.104. The van der Waals surface area contributed by atoms with E-state index in [9.17, 15) is 9.59 Å². The van der Waals surface area contributed by atoms with E-state index in [2.05, 4.69) is 22.5 Å². The lowest BCUT2D eigenvalue weighted by Crippen LogP contribution is -2.49. The average Bonchev–Trinajstić information content (AvgIpc) is 2.96. The number of amides is 3. The minimum Gasteiger partial charge on any atom is -0.343 e. The summed E-state index contributed by atoms with van der Waals surface area (Å²) in [6.07, 6.45) is 2.52. The number of thiazole rings is 1. The van der Waals surface area contributed by atoms with Gasteiger partial charge in [-0.05, 0) is 26.2 Å². The molecule has 0 bridgehead atoms. The van der Waals surface area contributed by atoms with Crippen LogP contribution in [0.15, 0.2) is 5.38 Å². The summed E-state index contributed by atoms with van der Waals surface area (Å²) in [5, 5.41) is 8.99. The van der Waals surface area contributed by atoms with E-state index in [-0.39, 0.29) is 24.0 Å². The molecule has 0 aromatic carbocycles. The number of hydrogen-bond acceptors (Lipinski definition) is 4. The van der Waals surface area contributed by atoms with Crippen LogP contribution in [-0.2, 0) is 11.2 Å². The molecular formula is C15H24N4O2S. The molecule has 6 nitrogen and oxygen atoms in total. The van der Waals surface area contributed by atoms with Crippen molar-refractivity contribution in [2.75, 3.05) is 13.1 Å². The Bertz CT molecular complexity index is 523. The molecule has 1 fully saturated rings. The van der Waals surface area contributed by atoms with Crippen molar-refractivity contribution in [3.05, 3.63) is 16.1 Å². The zero-order chi connectivity index (χ0) is 16.1. The minimum atomic E-state index is -0.167. The van der Waals surface area contributed by atoms with Crippen LogP contribution in [0.3, 0.4) is 0 Å². The molecule has 1 saturated heterocycles. The van der Waals surface area contributed by atoms with Crippen LogP contribution < -0.4 is 10.6 Å². The topological polar surface area (TPSA) is 74.3 Å². The highest BCUT2D eigenvalue weighted by molar-refractivity contribution is 7.09. The molecule has 0 aliphatic carbocycles. The van der Waals surface area contributed by atoms with Gasteiger partial charge in [0.2, 0.25) is 5.91 Å². The number of nitrogens with one attached hydrogen (secondary N) is 2. The summed E-state index contributed by atoms with van der Waals surface area (Å²) in [6.45, 7) is 7.01. The van der Waals surface area contributed by atoms with Crippen LogP contribution in [0.25, 0.3) is 0 Å². The third kappa shape index (κ3) is 4.43. The number of carbonyl (C=O) groups excluding carboxylic acids is 2. The van der Waals surface area contributed by atoms with Gasteiger partial charge in [-0.2, -0.15) is 0 Å². The molecule has 3 amide bonds. The Kier molecular flexibility index (Phi) is 5.76. The Balaban J connectivity index is 1.77. The fourth-order valence-electron chi connectivity index (χ4n) is 2.52. The van der Waals surface area contributed by atoms with E-state index in [1.54, 1.807) is 18.3 Å². The van der Waals surface area contributed by atoms with E-state index in [1.165, 1.54) is 0 Å². The second kappa shape index (κ2) is 7.58. The number of aryl methyl sites for hydroxylation is 1. The normalized spacial score (nSPS) is 17.1. The van der Waals surface area contributed by atoms with Crippen LogP contribution in [0, 0.1) is 0 Å². The van der Waals surface area contributed by atoms with Crippen molar-refractivity contribution in [1.82, 2.24) is 20.5 Å². The second-order valence-corrected chi connectivity index (χ2v) is 6.58. The summed E-state index contributed by atoms with van der Waals surface area (Å²) in [6, 6.07) is -0.141. The van der Waals surface area contributed by atoms with Crippen LogP contribution in [0.4, 0.5) is 4.79 Å². The van der Waals surface area contributed by atoms with E-state index in [4.69, 9.17) is 0 Å². The van der Waals surface area contributed by atoms with Crippen LogP contribution in [-0.4, -0.2) is 41.0 Å². The first-order valence-corrected chi connectivity index (χ1v) is 8.64. The maximum absolute atomic E-state index is 12.1. The Morgan fingerprint density at radius 1 is 1.45 bits per heavy atom. The first kappa shape index (κ1) is 16.7. The molecule has 1 unspecified atom stereocenters. The molecule has 0 spiro atoms. The molecule has 2 heterocycles. The highest BCUT2D eigenvalue weighted by Crippen LogP contribution is 2.17. The van der Waals surface area contributed by atoms with Crippen molar-refractivity contribution in [1.29, 1.82) is 0 Å². The van der Waals surface area contributed by atoms with Crippen LogP contribution in [0.5, 0.6) is 0 Å². The standard InChI is InChI=1S/C15H24N4O2S/c1-4-14-18-13(9-22-14)10(2)16-15(21)17-12-5-7-19(8-6-12)11(3)20/h9-10,12H,4-8H2,1-3H3,(H2,16,17,21). The fourth-order valence-corrected chi connectivity index (χ4v) is 3.36. The summed E-state index contributed by atoms with van der Waals surface area (Å²) in [4.78, 5) is 29.6. The first-order chi connectivity index (χ1) is 10.5. The van der Waals surface area contributed by atoms with Crippen molar-refractivity contribution < 1.29 is 9.59 Å². The van der Waals surface area contributed by atoms with Gasteiger partial charge in [0.05, 0.1) is 16.7 Å². The van der Waals surface area contributed by atoms with Gasteiger partial charge in [-0.1, -0.05) is 6.92 Å². The van der Waals surface area contributed by atoms with Crippen molar-refractivity contribution >= 4 is 23.3 Å². The van der Waals surface area contributed by atoms with E-state index in [1.807, 2.05) is 17.2 Å². The minimum absolute atomic E-state index is 0.103. The van der Waals surface area contributed by atoms with Gasteiger partial charge < -0.3 is 15.5 Å². The lowest BCUT2D eigenvalue weighted by atomic mass is 10.1. The third-order valence-electron chi connectivity index (χ3n) is 3.94. The lowest BCUT2D eigenvalue weighted by Gasteiger charge is -2.31. The summed E-state index contributed by atoms with van der Waals surface area (Å²) < 4.78 is 0. The third-order valence-corrected chi connectivity index (χ3v) is 4.95. The van der Waals surface area contributed by atoms with E-state index >= 15 is 0 Å². The molecular weight excluding hydrogens is 300 g/mol. The predicted molar refractivity (Wildman–Crippen MR) is 86.9 cm³/mol. The van der Waals surface area contributed by atoms with Gasteiger partial charge in [-0.25, -0.2) is 9.78 Å². The average molecular weight is 324 g/mol. The Morgan fingerprint density at radius 2 is 2.14 bits per heavy atom. The molecule has 0 radical (unpaired) electrons. The second-order valence-electron chi connectivity index (χ2n) is 5.64. The molecule has 1 aromatic heterocycles. The van der Waals surface area contributed by atoms with E-state index in [0.717, 1.165) is 30.0 Å². The van der Waals surface area contributed by atoms with Gasteiger partial charge in [0, 0.05) is 31.4 Å². The Morgan fingerprint density at radius 3 is 2.68 bits per heavy atom. The fraction of sp³-hybridized carbons (Fsp3) is 0.667. The predicted octanol–water partition coefficient (Wildman–Crippen LogP) is 2.08. The molecule has 1 aliphatic heterocycles. The monoisotopic (exact) mass is 324 g/mol. The zero-order valence-electron chi connectivity index (χ0n) is 13.4. The Hall–Kier alpha value is -1.63. The van der Waals surface area contributed by atoms with Crippen LogP contribution in [0.2, 0.25) is 0 Å². The number of rotatable bonds is 4. The molecule has 122 valence electrons. The SMILES string of the molecule is CCc1nc(C(C)NC(=O)NC2CCN(C(C)=O)CC2)cs1. The molecule has 2 N–H and O–H groups in total. The first-order valence-electron chi connectivity index (χ1n) is 7.76. The van der Waals surface area contributed by atoms with E-state index < -0.39 is 0 Å². The maximum atomic E-state index is 12.1. The molecule has 1 atom stereocenters. The summed E-state index contributed by atoms with van der Waals surface area (Å²) in [7, 11) is 0. The van der Waals surface area contributed by atoms with Gasteiger partial charge >= 0.3 is 6.03 Å². The van der Waals surface area contributed by atoms with Gasteiger partial charge in [0.25, 0.3) is 0 Å². The number of likely N-dealkylation sites (tertiary alicyclic amines) is 1. The molecule has 0 saturated carbocycles. The van der Waals surface area contributed by atoms with Crippen molar-refractivity contribution in [3.63, 3.8) is 0 Å². The number of hydrogen-bond donors (Lipinski definition) is 2. The molecule has 1 aliphatic rings. The van der Waals surface area contributed by atoms with Crippen LogP contribution in [0.1, 0.15) is 50.4 Å². The quantitative estimate of drug-likeness (QED) is 0.890. The molecule has 1 aromatic rings. The molecule has 7 heteroatoms. The molecule has 22 heavy (non-hydrogen) atoms. The molecule has 2 rings (SSSR count). The maximum Gasteiger partial charge on any atom is 0.315 e. The van der Waals surface area contributed by atoms with Crippen molar-refractivity contribution in [2.45, 2.75) is 52.1 Å². The van der Waals surface area contributed by atoms with Gasteiger partial charge in [-0.3, -0.25) is 4.79 Å². The summed E-state index contributed by atoms with van der Waals surface area (Å²) in [5.41, 5.74) is 0.906. The number of aromatic nitrogens is 1. The van der Waals surface area contributed by atoms with Crippen molar-refractivity contribution in [3.8, 4) is 0 Å².